The van der Waals surface area contributed by atoms with Crippen molar-refractivity contribution in [1.82, 2.24) is 10.2 Å². The van der Waals surface area contributed by atoms with Gasteiger partial charge < -0.3 is 10.1 Å². The summed E-state index contributed by atoms with van der Waals surface area (Å²) in [4.78, 5) is 14.6. The molecular weight excluding hydrogens is 264 g/mol. The van der Waals surface area contributed by atoms with Crippen molar-refractivity contribution >= 4 is 5.91 Å². The molecule has 1 amide bonds. The molecule has 4 heteroatoms. The molecule has 3 rings (SSSR count). The Morgan fingerprint density at radius 3 is 2.95 bits per heavy atom. The van der Waals surface area contributed by atoms with Crippen molar-refractivity contribution in [3.63, 3.8) is 0 Å². The number of amides is 1. The number of benzene rings is 1. The normalized spacial score (nSPS) is 25.6. The van der Waals surface area contributed by atoms with E-state index in [1.54, 1.807) is 0 Å². The average molecular weight is 288 g/mol. The van der Waals surface area contributed by atoms with Crippen LogP contribution in [-0.2, 0) is 11.2 Å². The molecule has 4 nitrogen and oxygen atoms in total. The molecule has 0 aromatic heterocycles. The summed E-state index contributed by atoms with van der Waals surface area (Å²) in [6.45, 7) is 5.64. The van der Waals surface area contributed by atoms with E-state index in [0.717, 1.165) is 25.1 Å². The van der Waals surface area contributed by atoms with Gasteiger partial charge in [-0.1, -0.05) is 19.1 Å². The van der Waals surface area contributed by atoms with Crippen LogP contribution in [0.4, 0.5) is 0 Å². The van der Waals surface area contributed by atoms with E-state index in [9.17, 15) is 4.79 Å². The number of carbonyl (C=O) groups is 1. The fourth-order valence-electron chi connectivity index (χ4n) is 3.21. The van der Waals surface area contributed by atoms with E-state index >= 15 is 0 Å². The first kappa shape index (κ1) is 14.5. The maximum Gasteiger partial charge on any atom is 0.251 e. The van der Waals surface area contributed by atoms with Gasteiger partial charge in [-0.25, -0.2) is 0 Å². The summed E-state index contributed by atoms with van der Waals surface area (Å²) in [6.07, 6.45) is 3.65. The summed E-state index contributed by atoms with van der Waals surface area (Å²) < 4.78 is 5.86. The van der Waals surface area contributed by atoms with Gasteiger partial charge >= 0.3 is 0 Å². The molecule has 2 heterocycles. The van der Waals surface area contributed by atoms with E-state index in [-0.39, 0.29) is 12.0 Å². The zero-order valence-electron chi connectivity index (χ0n) is 12.7. The van der Waals surface area contributed by atoms with Gasteiger partial charge in [0.15, 0.2) is 0 Å². The van der Waals surface area contributed by atoms with E-state index in [4.69, 9.17) is 4.74 Å². The smallest absolute Gasteiger partial charge is 0.251 e. The van der Waals surface area contributed by atoms with Crippen LogP contribution in [0.15, 0.2) is 24.3 Å². The zero-order valence-corrected chi connectivity index (χ0v) is 12.7. The molecule has 2 saturated heterocycles. The fourth-order valence-corrected chi connectivity index (χ4v) is 3.21. The van der Waals surface area contributed by atoms with Crippen LogP contribution in [0.25, 0.3) is 0 Å². The predicted octanol–water partition coefficient (Wildman–Crippen LogP) is 1.84. The Bertz CT molecular complexity index is 486. The van der Waals surface area contributed by atoms with Gasteiger partial charge in [0.1, 0.15) is 0 Å². The van der Waals surface area contributed by atoms with Gasteiger partial charge in [0.2, 0.25) is 0 Å². The SMILES string of the molecule is CCc1ccc(C(=O)NC[C@@H]2CN3CCC[C@@H]3CO2)cc1. The second-order valence-corrected chi connectivity index (χ2v) is 6.01. The lowest BCUT2D eigenvalue weighted by Gasteiger charge is -2.35. The first-order valence-electron chi connectivity index (χ1n) is 7.99. The predicted molar refractivity (Wildman–Crippen MR) is 82.5 cm³/mol. The summed E-state index contributed by atoms with van der Waals surface area (Å²) in [5.74, 6) is -0.00945. The van der Waals surface area contributed by atoms with Crippen LogP contribution in [-0.4, -0.2) is 49.2 Å². The number of morpholine rings is 1. The number of hydrogen-bond acceptors (Lipinski definition) is 3. The summed E-state index contributed by atoms with van der Waals surface area (Å²) in [5.41, 5.74) is 1.98. The lowest BCUT2D eigenvalue weighted by Crippen LogP contribution is -2.50. The van der Waals surface area contributed by atoms with Crippen LogP contribution in [0.2, 0.25) is 0 Å². The first-order chi connectivity index (χ1) is 10.3. The Kier molecular flexibility index (Phi) is 4.56. The number of rotatable bonds is 4. The van der Waals surface area contributed by atoms with Crippen molar-refractivity contribution in [2.45, 2.75) is 38.3 Å². The summed E-state index contributed by atoms with van der Waals surface area (Å²) in [7, 11) is 0. The van der Waals surface area contributed by atoms with Gasteiger partial charge in [0.05, 0.1) is 12.7 Å². The minimum atomic E-state index is -0.00945. The number of hydrogen-bond donors (Lipinski definition) is 1. The van der Waals surface area contributed by atoms with Crippen molar-refractivity contribution in [1.29, 1.82) is 0 Å². The number of fused-ring (bicyclic) bond motifs is 1. The largest absolute Gasteiger partial charge is 0.373 e. The van der Waals surface area contributed by atoms with E-state index in [1.165, 1.54) is 24.9 Å². The van der Waals surface area contributed by atoms with E-state index in [1.807, 2.05) is 24.3 Å². The second kappa shape index (κ2) is 6.58. The Labute approximate surface area is 126 Å². The van der Waals surface area contributed by atoms with Gasteiger partial charge in [0.25, 0.3) is 5.91 Å². The molecule has 2 aliphatic heterocycles. The van der Waals surface area contributed by atoms with Crippen LogP contribution < -0.4 is 5.32 Å². The third-order valence-corrected chi connectivity index (χ3v) is 4.58. The number of aryl methyl sites for hydroxylation is 1. The summed E-state index contributed by atoms with van der Waals surface area (Å²) >= 11 is 0. The molecule has 0 unspecified atom stereocenters. The summed E-state index contributed by atoms with van der Waals surface area (Å²) in [5, 5.41) is 3.00. The average Bonchev–Trinajstić information content (AvgIpc) is 3.00. The molecule has 0 aliphatic carbocycles. The van der Waals surface area contributed by atoms with Crippen LogP contribution in [0.5, 0.6) is 0 Å². The van der Waals surface area contributed by atoms with Gasteiger partial charge in [0, 0.05) is 24.7 Å². The fraction of sp³-hybridized carbons (Fsp3) is 0.588. The number of carbonyl (C=O) groups excluding carboxylic acids is 1. The third kappa shape index (κ3) is 3.44. The highest BCUT2D eigenvalue weighted by Gasteiger charge is 2.32. The van der Waals surface area contributed by atoms with Crippen LogP contribution in [0, 0.1) is 0 Å². The molecule has 0 saturated carbocycles. The van der Waals surface area contributed by atoms with Gasteiger partial charge in [-0.15, -0.1) is 0 Å². The lowest BCUT2D eigenvalue weighted by molar-refractivity contribution is -0.0461. The Morgan fingerprint density at radius 2 is 2.19 bits per heavy atom. The van der Waals surface area contributed by atoms with Crippen LogP contribution in [0.1, 0.15) is 35.7 Å². The highest BCUT2D eigenvalue weighted by atomic mass is 16.5. The van der Waals surface area contributed by atoms with Gasteiger partial charge in [-0.05, 0) is 43.5 Å². The number of nitrogens with zero attached hydrogens (tertiary/aromatic N) is 1. The second-order valence-electron chi connectivity index (χ2n) is 6.01. The van der Waals surface area contributed by atoms with E-state index < -0.39 is 0 Å². The molecule has 2 atom stereocenters. The minimum Gasteiger partial charge on any atom is -0.373 e. The topological polar surface area (TPSA) is 41.6 Å². The van der Waals surface area contributed by atoms with Crippen molar-refractivity contribution in [2.75, 3.05) is 26.2 Å². The Balaban J connectivity index is 1.49. The van der Waals surface area contributed by atoms with Crippen molar-refractivity contribution in [3.8, 4) is 0 Å². The molecule has 1 N–H and O–H groups in total. The highest BCUT2D eigenvalue weighted by molar-refractivity contribution is 5.94. The third-order valence-electron chi connectivity index (χ3n) is 4.58. The van der Waals surface area contributed by atoms with E-state index in [2.05, 4.69) is 17.1 Å². The molecule has 21 heavy (non-hydrogen) atoms. The maximum absolute atomic E-state index is 12.1. The molecular formula is C17H24N2O2. The Hall–Kier alpha value is -1.39. The Morgan fingerprint density at radius 1 is 1.38 bits per heavy atom. The molecule has 2 fully saturated rings. The van der Waals surface area contributed by atoms with Crippen LogP contribution >= 0.6 is 0 Å². The van der Waals surface area contributed by atoms with Gasteiger partial charge in [-0.2, -0.15) is 0 Å². The molecule has 1 aromatic rings. The molecule has 114 valence electrons. The monoisotopic (exact) mass is 288 g/mol. The quantitative estimate of drug-likeness (QED) is 0.919. The van der Waals surface area contributed by atoms with Crippen molar-refractivity contribution in [3.05, 3.63) is 35.4 Å². The molecule has 0 radical (unpaired) electrons. The first-order valence-corrected chi connectivity index (χ1v) is 7.99. The molecule has 0 spiro atoms. The van der Waals surface area contributed by atoms with Crippen molar-refractivity contribution in [2.24, 2.45) is 0 Å². The van der Waals surface area contributed by atoms with E-state index in [0.29, 0.717) is 12.6 Å². The molecule has 0 bridgehead atoms. The molecule has 2 aliphatic rings. The molecule has 1 aromatic carbocycles. The minimum absolute atomic E-state index is 0.00945. The highest BCUT2D eigenvalue weighted by Crippen LogP contribution is 2.22. The lowest BCUT2D eigenvalue weighted by atomic mass is 10.1. The number of ether oxygens (including phenoxy) is 1. The summed E-state index contributed by atoms with van der Waals surface area (Å²) in [6, 6.07) is 8.43. The zero-order chi connectivity index (χ0) is 14.7. The van der Waals surface area contributed by atoms with Gasteiger partial charge in [-0.3, -0.25) is 9.69 Å². The maximum atomic E-state index is 12.1. The van der Waals surface area contributed by atoms with Crippen LogP contribution in [0.3, 0.4) is 0 Å². The van der Waals surface area contributed by atoms with Crippen molar-refractivity contribution < 1.29 is 9.53 Å². The number of nitrogens with one attached hydrogen (secondary N) is 1. The standard InChI is InChI=1S/C17H24N2O2/c1-2-13-5-7-14(8-6-13)17(20)18-10-16-11-19-9-3-4-15(19)12-21-16/h5-8,15-16H,2-4,9-12H2,1H3,(H,18,20)/t15-,16-/m1/s1.